The van der Waals surface area contributed by atoms with Crippen LogP contribution in [0.5, 0.6) is 0 Å². The molecule has 0 unspecified atom stereocenters. The van der Waals surface area contributed by atoms with E-state index in [1.165, 1.54) is 31.5 Å². The number of hydrogen-bond acceptors (Lipinski definition) is 4. The van der Waals surface area contributed by atoms with Crippen LogP contribution in [0, 0.1) is 0 Å². The number of nitrogens with zero attached hydrogens (tertiary/aromatic N) is 3. The molecule has 2 heterocycles. The van der Waals surface area contributed by atoms with Crippen LogP contribution in [-0.2, 0) is 11.0 Å². The van der Waals surface area contributed by atoms with Gasteiger partial charge >= 0.3 is 6.18 Å². The Bertz CT molecular complexity index is 904. The third kappa shape index (κ3) is 4.35. The fraction of sp³-hybridized carbons (Fsp3) is 0.526. The number of para-hydroxylation sites is 2. The van der Waals surface area contributed by atoms with Gasteiger partial charge in [0.25, 0.3) is 5.56 Å². The van der Waals surface area contributed by atoms with Gasteiger partial charge in [-0.3, -0.25) is 14.2 Å². The van der Waals surface area contributed by atoms with Crippen LogP contribution in [0.2, 0.25) is 0 Å². The van der Waals surface area contributed by atoms with Gasteiger partial charge in [0.1, 0.15) is 6.04 Å². The molecule has 1 atom stereocenters. The van der Waals surface area contributed by atoms with Crippen molar-refractivity contribution < 1.29 is 18.0 Å². The standard InChI is InChI=1S/C19H23F3N4O2/c1-13(17(27)23-9-12-25-10-5-2-6-11-25)26-15-8-4-3-7-14(15)24-16(18(26)28)19(20,21)22/h3-4,7-8,13H,2,5-6,9-12H2,1H3,(H,23,27)/t13-/m0/s1. The summed E-state index contributed by atoms with van der Waals surface area (Å²) in [6.45, 7) is 4.44. The summed E-state index contributed by atoms with van der Waals surface area (Å²) in [6.07, 6.45) is -1.43. The van der Waals surface area contributed by atoms with Gasteiger partial charge in [-0.1, -0.05) is 18.6 Å². The highest BCUT2D eigenvalue weighted by atomic mass is 19.4. The summed E-state index contributed by atoms with van der Waals surface area (Å²) in [5, 5.41) is 2.74. The fourth-order valence-corrected chi connectivity index (χ4v) is 3.51. The number of rotatable bonds is 5. The molecule has 152 valence electrons. The van der Waals surface area contributed by atoms with Gasteiger partial charge in [-0.15, -0.1) is 0 Å². The molecular weight excluding hydrogens is 373 g/mol. The van der Waals surface area contributed by atoms with Crippen molar-refractivity contribution in [2.75, 3.05) is 26.2 Å². The summed E-state index contributed by atoms with van der Waals surface area (Å²) in [4.78, 5) is 30.8. The van der Waals surface area contributed by atoms with Crippen molar-refractivity contribution in [2.45, 2.75) is 38.4 Å². The van der Waals surface area contributed by atoms with Gasteiger partial charge in [0.05, 0.1) is 11.0 Å². The maximum Gasteiger partial charge on any atom is 0.438 e. The van der Waals surface area contributed by atoms with Crippen LogP contribution < -0.4 is 10.9 Å². The molecule has 1 aliphatic heterocycles. The highest BCUT2D eigenvalue weighted by molar-refractivity contribution is 5.83. The number of carbonyl (C=O) groups is 1. The molecule has 3 rings (SSSR count). The molecule has 6 nitrogen and oxygen atoms in total. The Balaban J connectivity index is 1.83. The van der Waals surface area contributed by atoms with E-state index in [1.54, 1.807) is 6.07 Å². The third-order valence-electron chi connectivity index (χ3n) is 5.01. The maximum atomic E-state index is 13.2. The Morgan fingerprint density at radius 2 is 1.89 bits per heavy atom. The maximum absolute atomic E-state index is 13.2. The highest BCUT2D eigenvalue weighted by Gasteiger charge is 2.38. The van der Waals surface area contributed by atoms with Crippen LogP contribution in [0.4, 0.5) is 13.2 Å². The Labute approximate surface area is 160 Å². The van der Waals surface area contributed by atoms with Crippen molar-refractivity contribution in [3.05, 3.63) is 40.3 Å². The van der Waals surface area contributed by atoms with Gasteiger partial charge in [0.2, 0.25) is 11.6 Å². The van der Waals surface area contributed by atoms with Crippen LogP contribution in [0.1, 0.15) is 37.9 Å². The number of benzene rings is 1. The number of hydrogen-bond donors (Lipinski definition) is 1. The molecule has 0 saturated carbocycles. The molecule has 1 fully saturated rings. The minimum absolute atomic E-state index is 0.0161. The zero-order valence-electron chi connectivity index (χ0n) is 15.6. The molecule has 1 saturated heterocycles. The van der Waals surface area contributed by atoms with Gasteiger partial charge < -0.3 is 10.2 Å². The van der Waals surface area contributed by atoms with Crippen molar-refractivity contribution in [3.8, 4) is 0 Å². The van der Waals surface area contributed by atoms with Gasteiger partial charge in [0, 0.05) is 13.1 Å². The Hall–Kier alpha value is -2.42. The molecule has 1 aliphatic rings. The average molecular weight is 396 g/mol. The van der Waals surface area contributed by atoms with Crippen molar-refractivity contribution in [3.63, 3.8) is 0 Å². The fourth-order valence-electron chi connectivity index (χ4n) is 3.51. The number of nitrogens with one attached hydrogen (secondary N) is 1. The Kier molecular flexibility index (Phi) is 6.02. The predicted octanol–water partition coefficient (Wildman–Crippen LogP) is 2.58. The van der Waals surface area contributed by atoms with E-state index >= 15 is 0 Å². The van der Waals surface area contributed by atoms with Gasteiger partial charge in [-0.25, -0.2) is 4.98 Å². The van der Waals surface area contributed by atoms with E-state index in [4.69, 9.17) is 0 Å². The van der Waals surface area contributed by atoms with Crippen LogP contribution >= 0.6 is 0 Å². The van der Waals surface area contributed by atoms with E-state index in [0.29, 0.717) is 13.1 Å². The number of alkyl halides is 3. The van der Waals surface area contributed by atoms with Crippen LogP contribution in [-0.4, -0.2) is 46.5 Å². The zero-order chi connectivity index (χ0) is 20.3. The van der Waals surface area contributed by atoms with E-state index in [2.05, 4.69) is 15.2 Å². The Morgan fingerprint density at radius 1 is 1.21 bits per heavy atom. The summed E-state index contributed by atoms with van der Waals surface area (Å²) in [5.41, 5.74) is -2.62. The quantitative estimate of drug-likeness (QED) is 0.844. The lowest BCUT2D eigenvalue weighted by Gasteiger charge is -2.26. The number of carbonyl (C=O) groups excluding carboxylic acids is 1. The van der Waals surface area contributed by atoms with E-state index in [-0.39, 0.29) is 11.0 Å². The number of fused-ring (bicyclic) bond motifs is 1. The molecule has 2 aromatic rings. The molecule has 0 aliphatic carbocycles. The lowest BCUT2D eigenvalue weighted by atomic mass is 10.1. The summed E-state index contributed by atoms with van der Waals surface area (Å²) in [6, 6.07) is 4.91. The second-order valence-electron chi connectivity index (χ2n) is 6.99. The van der Waals surface area contributed by atoms with Crippen LogP contribution in [0.3, 0.4) is 0 Å². The summed E-state index contributed by atoms with van der Waals surface area (Å²) >= 11 is 0. The summed E-state index contributed by atoms with van der Waals surface area (Å²) in [7, 11) is 0. The van der Waals surface area contributed by atoms with E-state index < -0.39 is 29.4 Å². The number of likely N-dealkylation sites (tertiary alicyclic amines) is 1. The second kappa shape index (κ2) is 8.30. The van der Waals surface area contributed by atoms with Gasteiger partial charge in [-0.2, -0.15) is 13.2 Å². The minimum Gasteiger partial charge on any atom is -0.353 e. The van der Waals surface area contributed by atoms with Crippen LogP contribution in [0.15, 0.2) is 29.1 Å². The predicted molar refractivity (Wildman–Crippen MR) is 99.0 cm³/mol. The number of aromatic nitrogens is 2. The molecule has 0 radical (unpaired) electrons. The normalized spacial score (nSPS) is 16.9. The second-order valence-corrected chi connectivity index (χ2v) is 6.99. The van der Waals surface area contributed by atoms with Crippen molar-refractivity contribution >= 4 is 16.9 Å². The molecule has 1 N–H and O–H groups in total. The van der Waals surface area contributed by atoms with Crippen molar-refractivity contribution in [2.24, 2.45) is 0 Å². The highest BCUT2D eigenvalue weighted by Crippen LogP contribution is 2.27. The van der Waals surface area contributed by atoms with Crippen molar-refractivity contribution in [1.29, 1.82) is 0 Å². The lowest BCUT2D eigenvalue weighted by molar-refractivity contribution is -0.142. The zero-order valence-corrected chi connectivity index (χ0v) is 15.6. The molecule has 0 bridgehead atoms. The van der Waals surface area contributed by atoms with Gasteiger partial charge in [-0.05, 0) is 45.0 Å². The topological polar surface area (TPSA) is 67.2 Å². The first kappa shape index (κ1) is 20.3. The molecule has 28 heavy (non-hydrogen) atoms. The summed E-state index contributed by atoms with van der Waals surface area (Å²) in [5.74, 6) is -0.497. The van der Waals surface area contributed by atoms with E-state index in [9.17, 15) is 22.8 Å². The van der Waals surface area contributed by atoms with Crippen molar-refractivity contribution in [1.82, 2.24) is 19.8 Å². The first-order valence-electron chi connectivity index (χ1n) is 9.37. The molecular formula is C19H23F3N4O2. The van der Waals surface area contributed by atoms with Crippen LogP contribution in [0.25, 0.3) is 11.0 Å². The number of amides is 1. The lowest BCUT2D eigenvalue weighted by Crippen LogP contribution is -2.42. The molecule has 1 aromatic heterocycles. The Morgan fingerprint density at radius 3 is 2.57 bits per heavy atom. The molecule has 1 aromatic carbocycles. The average Bonchev–Trinajstić information content (AvgIpc) is 2.67. The SMILES string of the molecule is C[C@@H](C(=O)NCCN1CCCCC1)n1c(=O)c(C(F)(F)F)nc2ccccc21. The minimum atomic E-state index is -4.90. The molecule has 9 heteroatoms. The smallest absolute Gasteiger partial charge is 0.353 e. The monoisotopic (exact) mass is 396 g/mol. The largest absolute Gasteiger partial charge is 0.438 e. The van der Waals surface area contributed by atoms with Gasteiger partial charge in [0.15, 0.2) is 0 Å². The third-order valence-corrected chi connectivity index (χ3v) is 5.01. The summed E-state index contributed by atoms with van der Waals surface area (Å²) < 4.78 is 40.6. The first-order valence-corrected chi connectivity index (χ1v) is 9.37. The van der Waals surface area contributed by atoms with E-state index in [0.717, 1.165) is 30.5 Å². The van der Waals surface area contributed by atoms with E-state index in [1.807, 2.05) is 0 Å². The molecule has 1 amide bonds. The molecule has 0 spiro atoms. The number of halogens is 3. The first-order chi connectivity index (χ1) is 13.3. The number of piperidine rings is 1.